The maximum absolute atomic E-state index is 6.25. The summed E-state index contributed by atoms with van der Waals surface area (Å²) in [6.07, 6.45) is 0. The fraction of sp³-hybridized carbons (Fsp3) is 0. The molecule has 0 rings (SSSR count). The van der Waals surface area contributed by atoms with Gasteiger partial charge in [0.05, 0.1) is 0 Å². The van der Waals surface area contributed by atoms with Gasteiger partial charge in [-0.3, -0.25) is 0 Å². The number of nitrogens with zero attached hydrogens (tertiary/aromatic N) is 5. The Morgan fingerprint density at radius 3 is 0.417 bits per heavy atom. The molecule has 0 aromatic carbocycles. The van der Waals surface area contributed by atoms with Crippen molar-refractivity contribution in [3.63, 3.8) is 0 Å². The van der Waals surface area contributed by atoms with Crippen LogP contribution in [0.2, 0.25) is 0 Å². The third-order valence-corrected chi connectivity index (χ3v) is 0. The average molecular weight is 270 g/mol. The third kappa shape index (κ3) is 8740. The molecule has 0 aliphatic heterocycles. The second-order valence-electron chi connectivity index (χ2n) is 0. The Morgan fingerprint density at radius 2 is 0.417 bits per heavy atom. The zero-order valence-corrected chi connectivity index (χ0v) is 11.0. The fourth-order valence-electron chi connectivity index (χ4n) is 0. The van der Waals surface area contributed by atoms with E-state index < -0.39 is 0 Å². The van der Waals surface area contributed by atoms with Crippen molar-refractivity contribution in [2.24, 2.45) is 0 Å². The van der Waals surface area contributed by atoms with Gasteiger partial charge in [0.2, 0.25) is 0 Å². The minimum absolute atomic E-state index is 0. The molecule has 5 nitrogen and oxygen atoms in total. The summed E-state index contributed by atoms with van der Waals surface area (Å²) in [4.78, 5) is 0. The van der Waals surface area contributed by atoms with Crippen LogP contribution in [0.4, 0.5) is 0 Å². The quantitative estimate of drug-likeness (QED) is 0.355. The van der Waals surface area contributed by atoms with Crippen LogP contribution in [-0.4, -0.2) is 0 Å². The van der Waals surface area contributed by atoms with Crippen LogP contribution in [0.5, 0.6) is 0 Å². The predicted octanol–water partition coefficient (Wildman–Crippen LogP) is -2.52. The molecule has 7 heteroatoms. The molecular weight excluding hydrogens is 270 g/mol. The van der Waals surface area contributed by atoms with E-state index in [1.165, 1.54) is 0 Å². The van der Waals surface area contributed by atoms with Gasteiger partial charge in [-0.25, -0.2) is 0 Å². The molecule has 0 aromatic rings. The standard InChI is InChI=1S/5CN.K.Ru/c5*1-2;;/q5*-1;+1;+4. The van der Waals surface area contributed by atoms with Crippen LogP contribution in [0.1, 0.15) is 0 Å². The summed E-state index contributed by atoms with van der Waals surface area (Å²) in [6.45, 7) is 23.8. The molecule has 0 aliphatic carbocycles. The van der Waals surface area contributed by atoms with E-state index in [2.05, 4.69) is 0 Å². The Bertz CT molecular complexity index is 78.4. The van der Waals surface area contributed by atoms with Crippen molar-refractivity contribution in [3.8, 4) is 0 Å². The van der Waals surface area contributed by atoms with Crippen molar-refractivity contribution in [3.05, 3.63) is 32.9 Å². The molecule has 0 saturated heterocycles. The molecule has 0 atom stereocenters. The van der Waals surface area contributed by atoms with Crippen LogP contribution in [0.3, 0.4) is 0 Å². The second-order valence-corrected chi connectivity index (χ2v) is 0. The van der Waals surface area contributed by atoms with Crippen LogP contribution in [0.15, 0.2) is 0 Å². The molecular formula is C5KN5Ru. The first-order valence-electron chi connectivity index (χ1n) is 1.12. The topological polar surface area (TPSA) is 119 Å². The molecule has 0 aromatic heterocycles. The average Bonchev–Trinajstić information content (AvgIpc) is 2.20. The normalized spacial score (nSPS) is 0.833. The number of rotatable bonds is 0. The van der Waals surface area contributed by atoms with Crippen LogP contribution < -0.4 is 51.4 Å². The van der Waals surface area contributed by atoms with Crippen molar-refractivity contribution in [1.29, 1.82) is 26.3 Å². The van der Waals surface area contributed by atoms with Gasteiger partial charge >= 0.3 is 70.9 Å². The SMILES string of the molecule is [C-]#N.[C-]#N.[C-]#N.[C-]#N.[C-]#N.[K+].[Ru+4]. The minimum atomic E-state index is 0. The van der Waals surface area contributed by atoms with Gasteiger partial charge in [-0.05, 0) is 0 Å². The van der Waals surface area contributed by atoms with E-state index in [4.69, 9.17) is 59.2 Å². The molecule has 0 fully saturated rings. The summed E-state index contributed by atoms with van der Waals surface area (Å²) in [5.74, 6) is 0. The van der Waals surface area contributed by atoms with E-state index in [0.717, 1.165) is 0 Å². The van der Waals surface area contributed by atoms with Crippen LogP contribution in [-0.2, 0) is 19.5 Å². The molecule has 54 valence electrons. The first-order chi connectivity index (χ1) is 5.00. The van der Waals surface area contributed by atoms with E-state index >= 15 is 0 Å². The second kappa shape index (κ2) is 12000. The van der Waals surface area contributed by atoms with Crippen molar-refractivity contribution in [2.75, 3.05) is 0 Å². The third-order valence-electron chi connectivity index (χ3n) is 0. The maximum Gasteiger partial charge on any atom is 4.00 e. The summed E-state index contributed by atoms with van der Waals surface area (Å²) in [7, 11) is 0. The van der Waals surface area contributed by atoms with Gasteiger partial charge in [-0.2, -0.15) is 0 Å². The molecule has 0 bridgehead atoms. The van der Waals surface area contributed by atoms with Gasteiger partial charge in [0.25, 0.3) is 0 Å². The summed E-state index contributed by atoms with van der Waals surface area (Å²) in [5.41, 5.74) is 0. The first kappa shape index (κ1) is 60.5. The van der Waals surface area contributed by atoms with Gasteiger partial charge in [0, 0.05) is 0 Å². The minimum Gasteiger partial charge on any atom is -0.512 e. The Labute approximate surface area is 128 Å². The van der Waals surface area contributed by atoms with Gasteiger partial charge in [-0.15, -0.1) is 0 Å². The molecule has 0 saturated carbocycles. The van der Waals surface area contributed by atoms with E-state index in [0.29, 0.717) is 0 Å². The van der Waals surface area contributed by atoms with Crippen LogP contribution in [0, 0.1) is 59.2 Å². The van der Waals surface area contributed by atoms with Crippen molar-refractivity contribution in [2.45, 2.75) is 0 Å². The molecule has 0 aliphatic rings. The summed E-state index contributed by atoms with van der Waals surface area (Å²) in [5, 5.41) is 31.2. The van der Waals surface area contributed by atoms with E-state index in [-0.39, 0.29) is 70.9 Å². The molecule has 0 amide bonds. The Hall–Kier alpha value is -0.290. The fourth-order valence-corrected chi connectivity index (χ4v) is 0. The Morgan fingerprint density at radius 1 is 0.417 bits per heavy atom. The first-order valence-corrected chi connectivity index (χ1v) is 1.12. The Balaban J connectivity index is -0.00000000500. The zero-order valence-electron chi connectivity index (χ0n) is 6.09. The van der Waals surface area contributed by atoms with Crippen molar-refractivity contribution < 1.29 is 70.9 Å². The summed E-state index contributed by atoms with van der Waals surface area (Å²) >= 11 is 0. The molecule has 0 heterocycles. The van der Waals surface area contributed by atoms with Gasteiger partial charge in [0.15, 0.2) is 0 Å². The summed E-state index contributed by atoms with van der Waals surface area (Å²) in [6, 6.07) is 0. The molecule has 0 radical (unpaired) electrons. The van der Waals surface area contributed by atoms with Crippen molar-refractivity contribution in [1.82, 2.24) is 0 Å². The Kier molecular flexibility index (Phi) is 60500. The number of hydrogen-bond acceptors (Lipinski definition) is 5. The van der Waals surface area contributed by atoms with Gasteiger partial charge in [-0.1, -0.05) is 0 Å². The molecule has 12 heavy (non-hydrogen) atoms. The molecule has 0 unspecified atom stereocenters. The van der Waals surface area contributed by atoms with E-state index in [1.807, 2.05) is 0 Å². The van der Waals surface area contributed by atoms with E-state index in [9.17, 15) is 0 Å². The monoisotopic (exact) mass is 271 g/mol. The van der Waals surface area contributed by atoms with Crippen LogP contribution >= 0.6 is 0 Å². The predicted molar refractivity (Wildman–Crippen MR) is 24.8 cm³/mol. The van der Waals surface area contributed by atoms with Gasteiger partial charge in [0.1, 0.15) is 0 Å². The van der Waals surface area contributed by atoms with E-state index in [1.54, 1.807) is 0 Å². The largest absolute Gasteiger partial charge is 4.00 e. The van der Waals surface area contributed by atoms with Crippen LogP contribution in [0.25, 0.3) is 0 Å². The van der Waals surface area contributed by atoms with Crippen molar-refractivity contribution >= 4 is 0 Å². The number of hydrogen-bond donors (Lipinski definition) is 0. The zero-order chi connectivity index (χ0) is 10.0. The summed E-state index contributed by atoms with van der Waals surface area (Å²) < 4.78 is 0. The maximum atomic E-state index is 6.25. The van der Waals surface area contributed by atoms with Gasteiger partial charge < -0.3 is 59.2 Å². The smallest absolute Gasteiger partial charge is 0.512 e. The molecule has 0 N–H and O–H groups in total. The molecule has 0 spiro atoms.